The lowest BCUT2D eigenvalue weighted by atomic mass is 10.1. The normalized spacial score (nSPS) is 10.7. The van der Waals surface area contributed by atoms with E-state index in [1.807, 2.05) is 13.0 Å². The molecule has 65 valence electrons. The first-order chi connectivity index (χ1) is 6.16. The van der Waals surface area contributed by atoms with Crippen LogP contribution in [-0.4, -0.2) is 4.98 Å². The summed E-state index contributed by atoms with van der Waals surface area (Å²) in [6.45, 7) is 8.07. The fraction of sp³-hybridized carbons (Fsp3) is 0.167. The van der Waals surface area contributed by atoms with Gasteiger partial charge in [0.25, 0.3) is 0 Å². The smallest absolute Gasteiger partial charge is 0.0710 e. The highest BCUT2D eigenvalue weighted by Gasteiger charge is 1.99. The molecule has 2 aromatic rings. The van der Waals surface area contributed by atoms with Gasteiger partial charge in [-0.05, 0) is 44.0 Å². The van der Waals surface area contributed by atoms with Gasteiger partial charge in [0, 0.05) is 11.1 Å². The van der Waals surface area contributed by atoms with Gasteiger partial charge in [0.15, 0.2) is 0 Å². The molecule has 0 bridgehead atoms. The van der Waals surface area contributed by atoms with Crippen LogP contribution in [0.1, 0.15) is 16.8 Å². The van der Waals surface area contributed by atoms with Crippen LogP contribution in [0.5, 0.6) is 0 Å². The molecule has 0 N–H and O–H groups in total. The molecule has 0 atom stereocenters. The Hall–Kier alpha value is -1.37. The number of rotatable bonds is 0. The minimum absolute atomic E-state index is 1.03. The lowest BCUT2D eigenvalue weighted by Crippen LogP contribution is -1.87. The van der Waals surface area contributed by atoms with Crippen LogP contribution < -0.4 is 0 Å². The van der Waals surface area contributed by atoms with Gasteiger partial charge in [-0.25, -0.2) is 0 Å². The second-order valence-corrected chi connectivity index (χ2v) is 3.44. The maximum absolute atomic E-state index is 4.46. The highest BCUT2D eigenvalue weighted by Crippen LogP contribution is 2.18. The summed E-state index contributed by atoms with van der Waals surface area (Å²) < 4.78 is 0. The largest absolute Gasteiger partial charge is 0.253 e. The Bertz CT molecular complexity index is 453. The highest BCUT2D eigenvalue weighted by molar-refractivity contribution is 5.83. The van der Waals surface area contributed by atoms with Crippen LogP contribution in [-0.2, 0) is 0 Å². The number of hydrogen-bond acceptors (Lipinski definition) is 1. The van der Waals surface area contributed by atoms with Crippen LogP contribution in [0.3, 0.4) is 0 Å². The molecule has 0 aliphatic rings. The van der Waals surface area contributed by atoms with Crippen molar-refractivity contribution in [2.75, 3.05) is 0 Å². The lowest BCUT2D eigenvalue weighted by Gasteiger charge is -2.03. The van der Waals surface area contributed by atoms with Gasteiger partial charge in [-0.15, -0.1) is 0 Å². The molecule has 0 aliphatic carbocycles. The van der Waals surface area contributed by atoms with Crippen LogP contribution in [0.15, 0.2) is 24.3 Å². The maximum atomic E-state index is 4.46. The third-order valence-corrected chi connectivity index (χ3v) is 2.18. The third kappa shape index (κ3) is 1.42. The van der Waals surface area contributed by atoms with Gasteiger partial charge in [-0.1, -0.05) is 12.1 Å². The van der Waals surface area contributed by atoms with Crippen molar-refractivity contribution in [2.45, 2.75) is 13.8 Å². The Balaban J connectivity index is 2.86. The number of nitrogens with zero attached hydrogens (tertiary/aromatic N) is 1. The van der Waals surface area contributed by atoms with Crippen molar-refractivity contribution in [1.29, 1.82) is 0 Å². The minimum atomic E-state index is 1.03. The van der Waals surface area contributed by atoms with Crippen molar-refractivity contribution in [1.82, 2.24) is 4.98 Å². The molecule has 1 aromatic carbocycles. The Kier molecular flexibility index (Phi) is 1.80. The van der Waals surface area contributed by atoms with E-state index >= 15 is 0 Å². The summed E-state index contributed by atoms with van der Waals surface area (Å²) in [6.07, 6.45) is 0. The van der Waals surface area contributed by atoms with Crippen molar-refractivity contribution in [3.8, 4) is 0 Å². The first-order valence-corrected chi connectivity index (χ1v) is 4.37. The predicted molar refractivity (Wildman–Crippen MR) is 55.7 cm³/mol. The van der Waals surface area contributed by atoms with E-state index in [1.54, 1.807) is 0 Å². The van der Waals surface area contributed by atoms with E-state index < -0.39 is 0 Å². The summed E-state index contributed by atoms with van der Waals surface area (Å²) in [5.41, 5.74) is 4.38. The van der Waals surface area contributed by atoms with E-state index in [1.165, 1.54) is 5.56 Å². The molecule has 0 spiro atoms. The molecule has 0 saturated carbocycles. The topological polar surface area (TPSA) is 12.9 Å². The molecule has 1 aromatic heterocycles. The monoisotopic (exact) mass is 170 g/mol. The Labute approximate surface area is 78.4 Å². The Morgan fingerprint density at radius 3 is 2.69 bits per heavy atom. The second kappa shape index (κ2) is 2.84. The first kappa shape index (κ1) is 8.24. The van der Waals surface area contributed by atoms with Crippen LogP contribution in [0.2, 0.25) is 0 Å². The predicted octanol–water partition coefficient (Wildman–Crippen LogP) is 3.03. The van der Waals surface area contributed by atoms with Gasteiger partial charge < -0.3 is 0 Å². The van der Waals surface area contributed by atoms with E-state index in [4.69, 9.17) is 0 Å². The minimum Gasteiger partial charge on any atom is -0.253 e. The molecule has 1 nitrogen and oxygen atoms in total. The maximum Gasteiger partial charge on any atom is 0.0710 e. The fourth-order valence-electron chi connectivity index (χ4n) is 1.56. The zero-order chi connectivity index (χ0) is 9.42. The molecular weight excluding hydrogens is 158 g/mol. The Morgan fingerprint density at radius 2 is 1.92 bits per heavy atom. The van der Waals surface area contributed by atoms with Gasteiger partial charge in [0.05, 0.1) is 5.52 Å². The molecular formula is C12H12N. The van der Waals surface area contributed by atoms with E-state index in [0.717, 1.165) is 22.2 Å². The standard InChI is InChI=1S/C12H12N/c1-8-4-5-11-9(2)7-10(3)13-12(11)6-8/h4-7H,2H2,1,3H3. The molecule has 2 rings (SSSR count). The molecule has 0 amide bonds. The highest BCUT2D eigenvalue weighted by atomic mass is 14.7. The number of pyridine rings is 1. The summed E-state index contributed by atoms with van der Waals surface area (Å²) in [4.78, 5) is 4.46. The van der Waals surface area contributed by atoms with E-state index in [0.29, 0.717) is 0 Å². The fourth-order valence-corrected chi connectivity index (χ4v) is 1.56. The van der Waals surface area contributed by atoms with Gasteiger partial charge >= 0.3 is 0 Å². The van der Waals surface area contributed by atoms with Crippen LogP contribution in [0.4, 0.5) is 0 Å². The number of fused-ring (bicyclic) bond motifs is 1. The average molecular weight is 170 g/mol. The second-order valence-electron chi connectivity index (χ2n) is 3.44. The van der Waals surface area contributed by atoms with Gasteiger partial charge in [0.2, 0.25) is 0 Å². The molecule has 0 unspecified atom stereocenters. The van der Waals surface area contributed by atoms with E-state index in [2.05, 4.69) is 37.0 Å². The van der Waals surface area contributed by atoms with Crippen molar-refractivity contribution < 1.29 is 0 Å². The number of benzene rings is 1. The molecule has 13 heavy (non-hydrogen) atoms. The molecule has 0 aliphatic heterocycles. The summed E-state index contributed by atoms with van der Waals surface area (Å²) >= 11 is 0. The van der Waals surface area contributed by atoms with Gasteiger partial charge in [-0.2, -0.15) is 0 Å². The van der Waals surface area contributed by atoms with Gasteiger partial charge in [-0.3, -0.25) is 4.98 Å². The van der Waals surface area contributed by atoms with Crippen LogP contribution in [0, 0.1) is 20.8 Å². The molecule has 0 fully saturated rings. The van der Waals surface area contributed by atoms with E-state index in [9.17, 15) is 0 Å². The van der Waals surface area contributed by atoms with Gasteiger partial charge in [0.1, 0.15) is 0 Å². The molecule has 1 heteroatoms. The van der Waals surface area contributed by atoms with E-state index in [-0.39, 0.29) is 0 Å². The summed E-state index contributed by atoms with van der Waals surface area (Å²) in [6, 6.07) is 8.28. The van der Waals surface area contributed by atoms with Crippen molar-refractivity contribution in [3.05, 3.63) is 48.0 Å². The molecule has 0 saturated heterocycles. The third-order valence-electron chi connectivity index (χ3n) is 2.18. The van der Waals surface area contributed by atoms with Crippen molar-refractivity contribution in [2.24, 2.45) is 0 Å². The first-order valence-electron chi connectivity index (χ1n) is 4.37. The summed E-state index contributed by atoms with van der Waals surface area (Å²) in [5.74, 6) is 0. The van der Waals surface area contributed by atoms with Crippen LogP contribution >= 0.6 is 0 Å². The number of aromatic nitrogens is 1. The Morgan fingerprint density at radius 1 is 1.15 bits per heavy atom. The lowest BCUT2D eigenvalue weighted by molar-refractivity contribution is 1.24. The van der Waals surface area contributed by atoms with Crippen LogP contribution in [0.25, 0.3) is 10.9 Å². The van der Waals surface area contributed by atoms with Crippen molar-refractivity contribution >= 4 is 10.9 Å². The number of hydrogen-bond donors (Lipinski definition) is 0. The zero-order valence-electron chi connectivity index (χ0n) is 7.96. The van der Waals surface area contributed by atoms with Crippen molar-refractivity contribution in [3.63, 3.8) is 0 Å². The SMILES string of the molecule is [CH2]c1cc(C)nc2cc(C)ccc12. The average Bonchev–Trinajstić information content (AvgIpc) is 2.02. The summed E-state index contributed by atoms with van der Waals surface area (Å²) in [5, 5.41) is 1.15. The molecule has 1 radical (unpaired) electrons. The summed E-state index contributed by atoms with van der Waals surface area (Å²) in [7, 11) is 0. The molecule has 1 heterocycles. The number of aryl methyl sites for hydroxylation is 2. The zero-order valence-corrected chi connectivity index (χ0v) is 7.96. The quantitative estimate of drug-likeness (QED) is 0.592.